The van der Waals surface area contributed by atoms with E-state index in [2.05, 4.69) is 0 Å². The summed E-state index contributed by atoms with van der Waals surface area (Å²) in [5.74, 6) is -1.93. The number of hydrogen-bond acceptors (Lipinski definition) is 5. The number of carbonyl (C=O) groups is 3. The lowest BCUT2D eigenvalue weighted by atomic mass is 10.2. The first-order valence-corrected chi connectivity index (χ1v) is 6.22. The molecule has 0 aliphatic heterocycles. The number of nitrogens with zero attached hydrogens (tertiary/aromatic N) is 1. The van der Waals surface area contributed by atoms with Crippen molar-refractivity contribution in [1.82, 2.24) is 4.90 Å². The minimum atomic E-state index is -1.24. The Morgan fingerprint density at radius 2 is 1.35 bits per heavy atom. The molecule has 0 aromatic carbocycles. The second-order valence-corrected chi connectivity index (χ2v) is 6.32. The van der Waals surface area contributed by atoms with E-state index in [-0.39, 0.29) is 0 Å². The van der Waals surface area contributed by atoms with Gasteiger partial charge in [0.1, 0.15) is 24.3 Å². The Morgan fingerprint density at radius 3 is 1.70 bits per heavy atom. The van der Waals surface area contributed by atoms with Gasteiger partial charge in [-0.2, -0.15) is 0 Å². The largest absolute Gasteiger partial charge is 0.480 e. The summed E-state index contributed by atoms with van der Waals surface area (Å²) >= 11 is 0. The van der Waals surface area contributed by atoms with Crippen LogP contribution < -0.4 is 0 Å². The molecule has 0 aromatic rings. The number of carbonyl (C=O) groups excluding carboxylic acids is 2. The van der Waals surface area contributed by atoms with Crippen LogP contribution >= 0.6 is 0 Å². The van der Waals surface area contributed by atoms with Crippen molar-refractivity contribution in [2.24, 2.45) is 0 Å². The Bertz CT molecular complexity index is 377. The molecule has 0 spiro atoms. The molecule has 0 unspecified atom stereocenters. The third-order valence-electron chi connectivity index (χ3n) is 1.72. The van der Waals surface area contributed by atoms with Gasteiger partial charge >= 0.3 is 18.0 Å². The van der Waals surface area contributed by atoms with Crippen molar-refractivity contribution >= 4 is 18.0 Å². The highest BCUT2D eigenvalue weighted by atomic mass is 16.6. The van der Waals surface area contributed by atoms with Crippen LogP contribution in [0.1, 0.15) is 41.5 Å². The number of rotatable bonds is 4. The van der Waals surface area contributed by atoms with Gasteiger partial charge in [-0.1, -0.05) is 0 Å². The first kappa shape index (κ1) is 18.2. The van der Waals surface area contributed by atoms with E-state index in [1.807, 2.05) is 0 Å². The van der Waals surface area contributed by atoms with Gasteiger partial charge in [0.25, 0.3) is 0 Å². The van der Waals surface area contributed by atoms with Crippen molar-refractivity contribution in [3.8, 4) is 0 Å². The number of carboxylic acid groups (broad SMARTS) is 1. The summed E-state index contributed by atoms with van der Waals surface area (Å²) in [7, 11) is 0. The molecular weight excluding hydrogens is 266 g/mol. The SMILES string of the molecule is CC(C)(C)OC(=O)CN(CC(=O)O)C(=O)OC(C)(C)C. The standard InChI is InChI=1S/C13H23NO6/c1-12(2,3)19-10(17)8-14(7-9(15)16)11(18)20-13(4,5)6/h7-8H2,1-6H3,(H,15,16). The van der Waals surface area contributed by atoms with Crippen LogP contribution in [0, 0.1) is 0 Å². The molecule has 7 heteroatoms. The van der Waals surface area contributed by atoms with Gasteiger partial charge in [-0.25, -0.2) is 4.79 Å². The van der Waals surface area contributed by atoms with Crippen LogP contribution in [0.5, 0.6) is 0 Å². The fourth-order valence-corrected chi connectivity index (χ4v) is 1.20. The van der Waals surface area contributed by atoms with E-state index >= 15 is 0 Å². The predicted octanol–water partition coefficient (Wildman–Crippen LogP) is 1.65. The van der Waals surface area contributed by atoms with Gasteiger partial charge < -0.3 is 14.6 Å². The topological polar surface area (TPSA) is 93.1 Å². The summed E-state index contributed by atoms with van der Waals surface area (Å²) in [6.07, 6.45) is -0.870. The van der Waals surface area contributed by atoms with Gasteiger partial charge in [0.05, 0.1) is 0 Å². The molecule has 0 fully saturated rings. The van der Waals surface area contributed by atoms with Crippen molar-refractivity contribution in [3.05, 3.63) is 0 Å². The van der Waals surface area contributed by atoms with Crippen molar-refractivity contribution in [3.63, 3.8) is 0 Å². The van der Waals surface area contributed by atoms with Crippen molar-refractivity contribution in [2.75, 3.05) is 13.1 Å². The van der Waals surface area contributed by atoms with E-state index < -0.39 is 42.3 Å². The van der Waals surface area contributed by atoms with E-state index in [9.17, 15) is 14.4 Å². The van der Waals surface area contributed by atoms with Gasteiger partial charge in [-0.15, -0.1) is 0 Å². The maximum atomic E-state index is 11.8. The van der Waals surface area contributed by atoms with E-state index in [4.69, 9.17) is 14.6 Å². The van der Waals surface area contributed by atoms with Gasteiger partial charge in [0.15, 0.2) is 0 Å². The maximum absolute atomic E-state index is 11.8. The van der Waals surface area contributed by atoms with E-state index in [0.29, 0.717) is 0 Å². The van der Waals surface area contributed by atoms with Gasteiger partial charge in [0, 0.05) is 0 Å². The van der Waals surface area contributed by atoms with Crippen LogP contribution in [0.25, 0.3) is 0 Å². The van der Waals surface area contributed by atoms with Crippen molar-refractivity contribution in [1.29, 1.82) is 0 Å². The smallest absolute Gasteiger partial charge is 0.411 e. The molecule has 0 heterocycles. The summed E-state index contributed by atoms with van der Waals surface area (Å²) in [6, 6.07) is 0. The lowest BCUT2D eigenvalue weighted by molar-refractivity contribution is -0.156. The first-order chi connectivity index (χ1) is 8.80. The number of carboxylic acids is 1. The second-order valence-electron chi connectivity index (χ2n) is 6.32. The Hall–Kier alpha value is -1.79. The normalized spacial score (nSPS) is 11.7. The van der Waals surface area contributed by atoms with E-state index in [1.54, 1.807) is 41.5 Å². The zero-order chi connectivity index (χ0) is 16.1. The number of amides is 1. The minimum absolute atomic E-state index is 0.474. The summed E-state index contributed by atoms with van der Waals surface area (Å²) in [5, 5.41) is 8.78. The number of aliphatic carboxylic acids is 1. The van der Waals surface area contributed by atoms with Crippen LogP contribution in [0.4, 0.5) is 4.79 Å². The quantitative estimate of drug-likeness (QED) is 0.791. The molecule has 0 saturated carbocycles. The molecule has 0 aliphatic carbocycles. The Kier molecular flexibility index (Phi) is 5.99. The van der Waals surface area contributed by atoms with Crippen LogP contribution in [0.2, 0.25) is 0 Å². The fraction of sp³-hybridized carbons (Fsp3) is 0.769. The van der Waals surface area contributed by atoms with Gasteiger partial charge in [0.2, 0.25) is 0 Å². The molecule has 0 rings (SSSR count). The van der Waals surface area contributed by atoms with Crippen LogP contribution in [0.3, 0.4) is 0 Å². The van der Waals surface area contributed by atoms with Crippen LogP contribution in [-0.2, 0) is 19.1 Å². The monoisotopic (exact) mass is 289 g/mol. The Balaban J connectivity index is 4.77. The highest BCUT2D eigenvalue weighted by Crippen LogP contribution is 2.11. The molecule has 0 saturated heterocycles. The van der Waals surface area contributed by atoms with Gasteiger partial charge in [-0.05, 0) is 41.5 Å². The number of hydrogen-bond donors (Lipinski definition) is 1. The molecule has 20 heavy (non-hydrogen) atoms. The molecule has 7 nitrogen and oxygen atoms in total. The highest BCUT2D eigenvalue weighted by Gasteiger charge is 2.27. The first-order valence-electron chi connectivity index (χ1n) is 6.22. The molecule has 116 valence electrons. The highest BCUT2D eigenvalue weighted by molar-refractivity contribution is 5.82. The molecule has 1 amide bonds. The Labute approximate surface area is 118 Å². The molecular formula is C13H23NO6. The minimum Gasteiger partial charge on any atom is -0.480 e. The lowest BCUT2D eigenvalue weighted by Gasteiger charge is -2.27. The zero-order valence-electron chi connectivity index (χ0n) is 12.8. The summed E-state index contributed by atoms with van der Waals surface area (Å²) in [6.45, 7) is 8.89. The maximum Gasteiger partial charge on any atom is 0.411 e. The van der Waals surface area contributed by atoms with Crippen molar-refractivity contribution in [2.45, 2.75) is 52.7 Å². The van der Waals surface area contributed by atoms with E-state index in [0.717, 1.165) is 4.90 Å². The molecule has 1 N–H and O–H groups in total. The predicted molar refractivity (Wildman–Crippen MR) is 71.3 cm³/mol. The molecule has 0 bridgehead atoms. The van der Waals surface area contributed by atoms with Gasteiger partial charge in [-0.3, -0.25) is 14.5 Å². The summed E-state index contributed by atoms with van der Waals surface area (Å²) in [4.78, 5) is 35.0. The van der Waals surface area contributed by atoms with Crippen LogP contribution in [0.15, 0.2) is 0 Å². The lowest BCUT2D eigenvalue weighted by Crippen LogP contribution is -2.44. The third-order valence-corrected chi connectivity index (χ3v) is 1.72. The zero-order valence-corrected chi connectivity index (χ0v) is 12.8. The van der Waals surface area contributed by atoms with E-state index in [1.165, 1.54) is 0 Å². The second kappa shape index (κ2) is 6.58. The molecule has 0 aromatic heterocycles. The average Bonchev–Trinajstić information content (AvgIpc) is 2.09. The Morgan fingerprint density at radius 1 is 0.900 bits per heavy atom. The van der Waals surface area contributed by atoms with Crippen LogP contribution in [-0.4, -0.2) is 52.3 Å². The number of ether oxygens (including phenoxy) is 2. The fourth-order valence-electron chi connectivity index (χ4n) is 1.20. The number of esters is 1. The molecule has 0 aliphatic rings. The summed E-state index contributed by atoms with van der Waals surface area (Å²) < 4.78 is 10.1. The average molecular weight is 289 g/mol. The molecule has 0 radical (unpaired) electrons. The summed E-state index contributed by atoms with van der Waals surface area (Å²) in [5.41, 5.74) is -1.48. The third kappa shape index (κ3) is 9.18. The molecule has 0 atom stereocenters. The van der Waals surface area contributed by atoms with Crippen molar-refractivity contribution < 1.29 is 29.0 Å².